The van der Waals surface area contributed by atoms with Crippen molar-refractivity contribution in [3.05, 3.63) is 78.4 Å². The predicted octanol–water partition coefficient (Wildman–Crippen LogP) is 4.75. The Hall–Kier alpha value is -3.27. The molecule has 3 aromatic carbocycles. The van der Waals surface area contributed by atoms with E-state index >= 15 is 0 Å². The van der Waals surface area contributed by atoms with Crippen molar-refractivity contribution in [1.82, 2.24) is 0 Å². The second-order valence-corrected chi connectivity index (χ2v) is 6.67. The van der Waals surface area contributed by atoms with Gasteiger partial charge >= 0.3 is 0 Å². The van der Waals surface area contributed by atoms with Gasteiger partial charge in [0.25, 0.3) is 5.91 Å². The van der Waals surface area contributed by atoms with Crippen LogP contribution in [0.25, 0.3) is 11.1 Å². The van der Waals surface area contributed by atoms with Gasteiger partial charge in [-0.1, -0.05) is 42.0 Å². The van der Waals surface area contributed by atoms with Gasteiger partial charge in [-0.3, -0.25) is 4.79 Å². The molecule has 3 rings (SSSR count). The maximum absolute atomic E-state index is 12.1. The summed E-state index contributed by atoms with van der Waals surface area (Å²) in [5.41, 5.74) is 5.35. The normalized spacial score (nSPS) is 10.3. The highest BCUT2D eigenvalue weighted by atomic mass is 16.5. The summed E-state index contributed by atoms with van der Waals surface area (Å²) in [6, 6.07) is 23.8. The number of nitrogens with one attached hydrogen (secondary N) is 1. The molecular formula is C23H24N2O2. The van der Waals surface area contributed by atoms with E-state index in [0.29, 0.717) is 5.75 Å². The summed E-state index contributed by atoms with van der Waals surface area (Å²) in [7, 11) is 3.96. The first-order valence-corrected chi connectivity index (χ1v) is 8.88. The van der Waals surface area contributed by atoms with Crippen molar-refractivity contribution in [3.8, 4) is 16.9 Å². The molecule has 0 saturated heterocycles. The van der Waals surface area contributed by atoms with E-state index in [0.717, 1.165) is 22.5 Å². The highest BCUT2D eigenvalue weighted by Crippen LogP contribution is 2.23. The molecule has 0 saturated carbocycles. The largest absolute Gasteiger partial charge is 0.484 e. The lowest BCUT2D eigenvalue weighted by atomic mass is 10.0. The van der Waals surface area contributed by atoms with E-state index in [9.17, 15) is 4.79 Å². The highest BCUT2D eigenvalue weighted by molar-refractivity contribution is 5.92. The van der Waals surface area contributed by atoms with Gasteiger partial charge in [0.1, 0.15) is 5.75 Å². The Morgan fingerprint density at radius 3 is 1.96 bits per heavy atom. The summed E-state index contributed by atoms with van der Waals surface area (Å²) in [5, 5.41) is 2.84. The fourth-order valence-electron chi connectivity index (χ4n) is 2.68. The van der Waals surface area contributed by atoms with E-state index in [-0.39, 0.29) is 12.5 Å². The molecule has 138 valence electrons. The lowest BCUT2D eigenvalue weighted by molar-refractivity contribution is -0.118. The Balaban J connectivity index is 1.53. The molecule has 0 aliphatic rings. The van der Waals surface area contributed by atoms with Gasteiger partial charge in [-0.15, -0.1) is 0 Å². The number of nitrogens with zero attached hydrogens (tertiary/aromatic N) is 1. The van der Waals surface area contributed by atoms with Crippen LogP contribution in [0, 0.1) is 6.92 Å². The number of carbonyl (C=O) groups excluding carboxylic acids is 1. The Morgan fingerprint density at radius 1 is 0.852 bits per heavy atom. The van der Waals surface area contributed by atoms with Crippen molar-refractivity contribution < 1.29 is 9.53 Å². The third-order valence-corrected chi connectivity index (χ3v) is 4.28. The van der Waals surface area contributed by atoms with Crippen LogP contribution in [0.3, 0.4) is 0 Å². The molecule has 3 aromatic rings. The molecule has 4 nitrogen and oxygen atoms in total. The van der Waals surface area contributed by atoms with E-state index in [1.807, 2.05) is 67.5 Å². The van der Waals surface area contributed by atoms with E-state index in [4.69, 9.17) is 4.74 Å². The summed E-state index contributed by atoms with van der Waals surface area (Å²) in [4.78, 5) is 14.1. The molecule has 1 amide bonds. The first kappa shape index (κ1) is 18.5. The highest BCUT2D eigenvalue weighted by Gasteiger charge is 2.05. The Labute approximate surface area is 160 Å². The van der Waals surface area contributed by atoms with Crippen LogP contribution < -0.4 is 15.0 Å². The molecule has 0 aliphatic heterocycles. The Kier molecular flexibility index (Phi) is 5.77. The number of carbonyl (C=O) groups is 1. The van der Waals surface area contributed by atoms with Crippen molar-refractivity contribution in [2.75, 3.05) is 30.9 Å². The van der Waals surface area contributed by atoms with Gasteiger partial charge in [-0.05, 0) is 54.4 Å². The SMILES string of the molecule is Cc1ccc(-c2ccc(OCC(=O)Nc3ccc(N(C)C)cc3)cc2)cc1. The second kappa shape index (κ2) is 8.41. The molecule has 0 fully saturated rings. The molecule has 0 spiro atoms. The van der Waals surface area contributed by atoms with Crippen molar-refractivity contribution in [1.29, 1.82) is 0 Å². The van der Waals surface area contributed by atoms with Crippen LogP contribution in [0.15, 0.2) is 72.8 Å². The lowest BCUT2D eigenvalue weighted by Crippen LogP contribution is -2.20. The molecule has 0 atom stereocenters. The van der Waals surface area contributed by atoms with Gasteiger partial charge in [-0.2, -0.15) is 0 Å². The van der Waals surface area contributed by atoms with Crippen LogP contribution in [0.2, 0.25) is 0 Å². The van der Waals surface area contributed by atoms with E-state index in [1.54, 1.807) is 0 Å². The number of benzene rings is 3. The zero-order valence-electron chi connectivity index (χ0n) is 15.9. The van der Waals surface area contributed by atoms with Gasteiger partial charge in [0.05, 0.1) is 0 Å². The molecule has 4 heteroatoms. The monoisotopic (exact) mass is 360 g/mol. The zero-order valence-corrected chi connectivity index (χ0v) is 15.9. The molecule has 0 aromatic heterocycles. The fourth-order valence-corrected chi connectivity index (χ4v) is 2.68. The number of rotatable bonds is 6. The van der Waals surface area contributed by atoms with Gasteiger partial charge in [-0.25, -0.2) is 0 Å². The van der Waals surface area contributed by atoms with Crippen LogP contribution in [0.4, 0.5) is 11.4 Å². The average Bonchev–Trinajstić information content (AvgIpc) is 2.68. The number of amides is 1. The van der Waals surface area contributed by atoms with Crippen LogP contribution in [-0.4, -0.2) is 26.6 Å². The van der Waals surface area contributed by atoms with Crippen molar-refractivity contribution in [3.63, 3.8) is 0 Å². The number of anilines is 2. The average molecular weight is 360 g/mol. The number of ether oxygens (including phenoxy) is 1. The molecule has 0 unspecified atom stereocenters. The van der Waals surface area contributed by atoms with Gasteiger partial charge < -0.3 is 15.0 Å². The Bertz CT molecular complexity index is 883. The van der Waals surface area contributed by atoms with Crippen LogP contribution >= 0.6 is 0 Å². The minimum absolute atomic E-state index is 0.0285. The fraction of sp³-hybridized carbons (Fsp3) is 0.174. The first-order valence-electron chi connectivity index (χ1n) is 8.88. The van der Waals surface area contributed by atoms with Crippen molar-refractivity contribution in [2.45, 2.75) is 6.92 Å². The predicted molar refractivity (Wildman–Crippen MR) is 112 cm³/mol. The number of hydrogen-bond acceptors (Lipinski definition) is 3. The smallest absolute Gasteiger partial charge is 0.262 e. The minimum Gasteiger partial charge on any atom is -0.484 e. The van der Waals surface area contributed by atoms with Gasteiger partial charge in [0, 0.05) is 25.5 Å². The molecule has 0 aliphatic carbocycles. The summed E-state index contributed by atoms with van der Waals surface area (Å²) in [6.07, 6.45) is 0. The molecule has 0 heterocycles. The van der Waals surface area contributed by atoms with Gasteiger partial charge in [0.2, 0.25) is 0 Å². The minimum atomic E-state index is -0.185. The zero-order chi connectivity index (χ0) is 19.2. The second-order valence-electron chi connectivity index (χ2n) is 6.67. The van der Waals surface area contributed by atoms with E-state index < -0.39 is 0 Å². The third kappa shape index (κ3) is 5.11. The van der Waals surface area contributed by atoms with Crippen molar-refractivity contribution in [2.24, 2.45) is 0 Å². The quantitative estimate of drug-likeness (QED) is 0.690. The third-order valence-electron chi connectivity index (χ3n) is 4.28. The maximum Gasteiger partial charge on any atom is 0.262 e. The topological polar surface area (TPSA) is 41.6 Å². The summed E-state index contributed by atoms with van der Waals surface area (Å²) < 4.78 is 5.59. The maximum atomic E-state index is 12.1. The van der Waals surface area contributed by atoms with E-state index in [2.05, 4.69) is 36.5 Å². The standard InChI is InChI=1S/C23H24N2O2/c1-17-4-6-18(7-5-17)19-8-14-22(15-9-19)27-16-23(26)24-20-10-12-21(13-11-20)25(2)3/h4-15H,16H2,1-3H3,(H,24,26). The van der Waals surface area contributed by atoms with Crippen molar-refractivity contribution >= 4 is 17.3 Å². The Morgan fingerprint density at radius 2 is 1.41 bits per heavy atom. The molecular weight excluding hydrogens is 336 g/mol. The molecule has 27 heavy (non-hydrogen) atoms. The summed E-state index contributed by atoms with van der Waals surface area (Å²) in [5.74, 6) is 0.485. The van der Waals surface area contributed by atoms with E-state index in [1.165, 1.54) is 5.56 Å². The van der Waals surface area contributed by atoms with Crippen LogP contribution in [-0.2, 0) is 4.79 Å². The first-order chi connectivity index (χ1) is 13.0. The summed E-state index contributed by atoms with van der Waals surface area (Å²) in [6.45, 7) is 2.04. The number of hydrogen-bond donors (Lipinski definition) is 1. The molecule has 0 radical (unpaired) electrons. The number of aryl methyl sites for hydroxylation is 1. The lowest BCUT2D eigenvalue weighted by Gasteiger charge is -2.13. The molecule has 1 N–H and O–H groups in total. The molecule has 0 bridgehead atoms. The van der Waals surface area contributed by atoms with Gasteiger partial charge in [0.15, 0.2) is 6.61 Å². The van der Waals surface area contributed by atoms with Crippen LogP contribution in [0.1, 0.15) is 5.56 Å². The summed E-state index contributed by atoms with van der Waals surface area (Å²) >= 11 is 0. The van der Waals surface area contributed by atoms with Crippen LogP contribution in [0.5, 0.6) is 5.75 Å².